The lowest BCUT2D eigenvalue weighted by atomic mass is 10.0. The minimum absolute atomic E-state index is 0.0656. The first-order valence-corrected chi connectivity index (χ1v) is 8.06. The maximum Gasteiger partial charge on any atom is 0.416 e. The van der Waals surface area contributed by atoms with Crippen molar-refractivity contribution in [3.63, 3.8) is 0 Å². The highest BCUT2D eigenvalue weighted by molar-refractivity contribution is 6.09. The van der Waals surface area contributed by atoms with E-state index >= 15 is 0 Å². The second-order valence-corrected chi connectivity index (χ2v) is 5.97. The molecule has 3 rings (SSSR count). The van der Waals surface area contributed by atoms with E-state index in [-0.39, 0.29) is 23.5 Å². The van der Waals surface area contributed by atoms with Crippen LogP contribution in [0.2, 0.25) is 0 Å². The van der Waals surface area contributed by atoms with Crippen molar-refractivity contribution in [3.05, 3.63) is 52.6 Å². The van der Waals surface area contributed by atoms with E-state index in [0.29, 0.717) is 29.0 Å². The van der Waals surface area contributed by atoms with E-state index in [1.165, 1.54) is 20.3 Å². The number of Topliss-reactive ketones (excluding diaryl/α,β-unsaturated/α-hetero) is 1. The van der Waals surface area contributed by atoms with Crippen LogP contribution in [0.5, 0.6) is 11.5 Å². The summed E-state index contributed by atoms with van der Waals surface area (Å²) in [4.78, 5) is 24.7. The number of methoxy groups -OCH3 is 2. The van der Waals surface area contributed by atoms with Crippen LogP contribution in [0.25, 0.3) is 0 Å². The van der Waals surface area contributed by atoms with Crippen molar-refractivity contribution in [2.45, 2.75) is 19.0 Å². The molecular weight excluding hydrogens is 363 g/mol. The predicted octanol–water partition coefficient (Wildman–Crippen LogP) is 4.10. The first kappa shape index (κ1) is 18.8. The zero-order valence-electron chi connectivity index (χ0n) is 14.6. The topological polar surface area (TPSA) is 64.6 Å². The Morgan fingerprint density at radius 1 is 1.07 bits per heavy atom. The summed E-state index contributed by atoms with van der Waals surface area (Å²) in [6.07, 6.45) is -3.77. The molecule has 0 spiro atoms. The lowest BCUT2D eigenvalue weighted by Gasteiger charge is -2.16. The number of amides is 1. The first-order valence-electron chi connectivity index (χ1n) is 8.06. The molecule has 0 aromatic heterocycles. The smallest absolute Gasteiger partial charge is 0.416 e. The molecule has 0 aliphatic heterocycles. The number of alkyl halides is 3. The molecule has 0 atom stereocenters. The fourth-order valence-electron chi connectivity index (χ4n) is 3.07. The number of fused-ring (bicyclic) bond motifs is 1. The van der Waals surface area contributed by atoms with Crippen molar-refractivity contribution < 1.29 is 32.2 Å². The molecular formula is C19H16F3NO4. The van der Waals surface area contributed by atoms with Crippen LogP contribution in [-0.4, -0.2) is 25.9 Å². The van der Waals surface area contributed by atoms with Crippen molar-refractivity contribution in [2.75, 3.05) is 19.5 Å². The van der Waals surface area contributed by atoms with Gasteiger partial charge in [0.2, 0.25) is 0 Å². The van der Waals surface area contributed by atoms with Gasteiger partial charge >= 0.3 is 6.18 Å². The number of carbonyl (C=O) groups excluding carboxylic acids is 2. The number of hydrogen-bond acceptors (Lipinski definition) is 4. The molecule has 2 aromatic rings. The molecule has 0 saturated heterocycles. The Kier molecular flexibility index (Phi) is 4.82. The minimum atomic E-state index is -4.47. The number of halogens is 3. The summed E-state index contributed by atoms with van der Waals surface area (Å²) >= 11 is 0. The highest BCUT2D eigenvalue weighted by Crippen LogP contribution is 2.43. The molecule has 8 heteroatoms. The Balaban J connectivity index is 1.94. The Morgan fingerprint density at radius 2 is 1.74 bits per heavy atom. The van der Waals surface area contributed by atoms with Crippen LogP contribution in [0.15, 0.2) is 30.3 Å². The zero-order chi connectivity index (χ0) is 19.8. The van der Waals surface area contributed by atoms with Gasteiger partial charge in [0.05, 0.1) is 25.3 Å². The summed E-state index contributed by atoms with van der Waals surface area (Å²) in [6.45, 7) is 0. The van der Waals surface area contributed by atoms with Crippen molar-refractivity contribution in [3.8, 4) is 11.5 Å². The van der Waals surface area contributed by atoms with Gasteiger partial charge in [-0.25, -0.2) is 0 Å². The summed E-state index contributed by atoms with van der Waals surface area (Å²) in [7, 11) is 2.83. The summed E-state index contributed by atoms with van der Waals surface area (Å²) in [5.74, 6) is -0.111. The third-order valence-corrected chi connectivity index (χ3v) is 4.38. The van der Waals surface area contributed by atoms with Gasteiger partial charge in [0.15, 0.2) is 17.3 Å². The minimum Gasteiger partial charge on any atom is -0.493 e. The van der Waals surface area contributed by atoms with E-state index in [9.17, 15) is 22.8 Å². The molecule has 0 saturated carbocycles. The van der Waals surface area contributed by atoms with E-state index in [1.807, 2.05) is 0 Å². The first-order chi connectivity index (χ1) is 12.8. The van der Waals surface area contributed by atoms with Crippen LogP contribution >= 0.6 is 0 Å². The highest BCUT2D eigenvalue weighted by atomic mass is 19.4. The Bertz CT molecular complexity index is 905. The van der Waals surface area contributed by atoms with Gasteiger partial charge in [-0.15, -0.1) is 0 Å². The van der Waals surface area contributed by atoms with E-state index in [4.69, 9.17) is 9.47 Å². The van der Waals surface area contributed by atoms with E-state index in [1.54, 1.807) is 0 Å². The van der Waals surface area contributed by atoms with Crippen LogP contribution in [0, 0.1) is 0 Å². The maximum absolute atomic E-state index is 12.7. The fraction of sp³-hybridized carbons (Fsp3) is 0.263. The number of benzene rings is 2. The van der Waals surface area contributed by atoms with Gasteiger partial charge in [-0.3, -0.25) is 9.59 Å². The van der Waals surface area contributed by atoms with Crippen molar-refractivity contribution in [1.29, 1.82) is 0 Å². The number of rotatable bonds is 4. The van der Waals surface area contributed by atoms with E-state index in [0.717, 1.165) is 24.3 Å². The van der Waals surface area contributed by atoms with Crippen LogP contribution in [0.1, 0.15) is 38.3 Å². The molecule has 1 aliphatic carbocycles. The van der Waals surface area contributed by atoms with Gasteiger partial charge in [-0.1, -0.05) is 0 Å². The predicted molar refractivity (Wildman–Crippen MR) is 91.6 cm³/mol. The molecule has 0 radical (unpaired) electrons. The average molecular weight is 379 g/mol. The standard InChI is InChI=1S/C19H16F3NO4/c1-26-15-9-13(12-7-8-14(24)16(12)17(15)27-2)23-18(25)10-3-5-11(6-4-10)19(20,21)22/h3-6,9H,7-8H2,1-2H3,(H,23,25). The molecule has 0 fully saturated rings. The van der Waals surface area contributed by atoms with Crippen molar-refractivity contribution in [1.82, 2.24) is 0 Å². The monoisotopic (exact) mass is 379 g/mol. The summed E-state index contributed by atoms with van der Waals surface area (Å²) in [5.41, 5.74) is 0.586. The summed E-state index contributed by atoms with van der Waals surface area (Å²) in [6, 6.07) is 5.43. The van der Waals surface area contributed by atoms with Gasteiger partial charge in [0.1, 0.15) is 0 Å². The number of hydrogen-bond donors (Lipinski definition) is 1. The largest absolute Gasteiger partial charge is 0.493 e. The number of carbonyl (C=O) groups is 2. The molecule has 1 amide bonds. The number of ether oxygens (including phenoxy) is 2. The molecule has 2 aromatic carbocycles. The average Bonchev–Trinajstić information content (AvgIpc) is 3.03. The normalized spacial score (nSPS) is 13.3. The quantitative estimate of drug-likeness (QED) is 0.869. The lowest BCUT2D eigenvalue weighted by molar-refractivity contribution is -0.137. The van der Waals surface area contributed by atoms with Crippen molar-refractivity contribution >= 4 is 17.4 Å². The van der Waals surface area contributed by atoms with Gasteiger partial charge in [0.25, 0.3) is 5.91 Å². The van der Waals surface area contributed by atoms with Gasteiger partial charge in [0, 0.05) is 23.7 Å². The highest BCUT2D eigenvalue weighted by Gasteiger charge is 2.31. The molecule has 1 N–H and O–H groups in total. The lowest BCUT2D eigenvalue weighted by Crippen LogP contribution is -2.15. The van der Waals surface area contributed by atoms with Crippen LogP contribution in [0.4, 0.5) is 18.9 Å². The molecule has 0 bridgehead atoms. The number of nitrogens with one attached hydrogen (secondary N) is 1. The van der Waals surface area contributed by atoms with Crippen LogP contribution in [-0.2, 0) is 12.6 Å². The molecule has 1 aliphatic rings. The third-order valence-electron chi connectivity index (χ3n) is 4.38. The van der Waals surface area contributed by atoms with Gasteiger partial charge < -0.3 is 14.8 Å². The fourth-order valence-corrected chi connectivity index (χ4v) is 3.07. The third kappa shape index (κ3) is 3.47. The zero-order valence-corrected chi connectivity index (χ0v) is 14.6. The second kappa shape index (κ2) is 6.94. The molecule has 0 unspecified atom stereocenters. The SMILES string of the molecule is COc1cc(NC(=O)c2ccc(C(F)(F)F)cc2)c2c(c1OC)C(=O)CC2. The summed E-state index contributed by atoms with van der Waals surface area (Å²) in [5, 5.41) is 2.66. The second-order valence-electron chi connectivity index (χ2n) is 5.97. The number of anilines is 1. The number of ketones is 1. The maximum atomic E-state index is 12.7. The van der Waals surface area contributed by atoms with E-state index < -0.39 is 17.6 Å². The van der Waals surface area contributed by atoms with Gasteiger partial charge in [-0.05, 0) is 36.2 Å². The Labute approximate surface area is 153 Å². The van der Waals surface area contributed by atoms with Gasteiger partial charge in [-0.2, -0.15) is 13.2 Å². The van der Waals surface area contributed by atoms with Crippen molar-refractivity contribution in [2.24, 2.45) is 0 Å². The molecule has 0 heterocycles. The van der Waals surface area contributed by atoms with Crippen LogP contribution in [0.3, 0.4) is 0 Å². The summed E-state index contributed by atoms with van der Waals surface area (Å²) < 4.78 is 48.5. The van der Waals surface area contributed by atoms with E-state index in [2.05, 4.69) is 5.32 Å². The molecule has 5 nitrogen and oxygen atoms in total. The Hall–Kier alpha value is -3.03. The Morgan fingerprint density at radius 3 is 2.30 bits per heavy atom. The molecule has 27 heavy (non-hydrogen) atoms. The van der Waals surface area contributed by atoms with Crippen LogP contribution < -0.4 is 14.8 Å². The molecule has 142 valence electrons.